The first kappa shape index (κ1) is 14.7. The topological polar surface area (TPSA) is 62.2 Å². The number of nitrogens with zero attached hydrogens (tertiary/aromatic N) is 1. The Kier molecular flexibility index (Phi) is 4.64. The van der Waals surface area contributed by atoms with Crippen molar-refractivity contribution in [3.63, 3.8) is 0 Å². The van der Waals surface area contributed by atoms with Crippen LogP contribution < -0.4 is 5.32 Å². The van der Waals surface area contributed by atoms with Gasteiger partial charge in [-0.15, -0.1) is 0 Å². The van der Waals surface area contributed by atoms with E-state index in [-0.39, 0.29) is 12.2 Å². The first-order chi connectivity index (χ1) is 10.1. The molecule has 0 radical (unpaired) electrons. The predicted molar refractivity (Wildman–Crippen MR) is 77.3 cm³/mol. The number of pyridine rings is 1. The Morgan fingerprint density at radius 3 is 2.86 bits per heavy atom. The zero-order chi connectivity index (χ0) is 15.2. The van der Waals surface area contributed by atoms with Gasteiger partial charge in [0.15, 0.2) is 0 Å². The first-order valence-corrected chi connectivity index (χ1v) is 6.22. The molecular formula is C16H13FN2O2. The van der Waals surface area contributed by atoms with E-state index in [9.17, 15) is 9.18 Å². The molecule has 0 aliphatic carbocycles. The van der Waals surface area contributed by atoms with Crippen LogP contribution in [0.2, 0.25) is 0 Å². The van der Waals surface area contributed by atoms with Crippen molar-refractivity contribution in [3.05, 3.63) is 59.2 Å². The molecule has 4 nitrogen and oxygen atoms in total. The second-order valence-electron chi connectivity index (χ2n) is 4.36. The van der Waals surface area contributed by atoms with Gasteiger partial charge in [0.1, 0.15) is 12.4 Å². The van der Waals surface area contributed by atoms with Crippen LogP contribution in [0.5, 0.6) is 0 Å². The van der Waals surface area contributed by atoms with Gasteiger partial charge in [-0.05, 0) is 36.8 Å². The van der Waals surface area contributed by atoms with Gasteiger partial charge in [0.05, 0.1) is 17.4 Å². The molecule has 0 aliphatic heterocycles. The minimum atomic E-state index is -0.669. The minimum Gasteiger partial charge on any atom is -0.384 e. The van der Waals surface area contributed by atoms with E-state index >= 15 is 0 Å². The molecule has 5 heteroatoms. The Morgan fingerprint density at radius 2 is 2.19 bits per heavy atom. The highest BCUT2D eigenvalue weighted by Crippen LogP contribution is 2.14. The molecule has 0 saturated heterocycles. The van der Waals surface area contributed by atoms with Crippen LogP contribution in [0.4, 0.5) is 10.1 Å². The number of hydrogen-bond donors (Lipinski definition) is 2. The van der Waals surface area contributed by atoms with Crippen molar-refractivity contribution in [2.75, 3.05) is 11.9 Å². The van der Waals surface area contributed by atoms with E-state index in [1.54, 1.807) is 12.3 Å². The molecule has 2 aromatic rings. The molecule has 0 bridgehead atoms. The smallest absolute Gasteiger partial charge is 0.258 e. The van der Waals surface area contributed by atoms with Crippen molar-refractivity contribution >= 4 is 11.6 Å². The number of carbonyl (C=O) groups excluding carboxylic acids is 1. The summed E-state index contributed by atoms with van der Waals surface area (Å²) in [5.41, 5.74) is 1.72. The quantitative estimate of drug-likeness (QED) is 0.830. The second-order valence-corrected chi connectivity index (χ2v) is 4.36. The fourth-order valence-corrected chi connectivity index (χ4v) is 1.74. The number of halogens is 1. The van der Waals surface area contributed by atoms with Gasteiger partial charge in [0, 0.05) is 11.8 Å². The first-order valence-electron chi connectivity index (χ1n) is 6.22. The highest BCUT2D eigenvalue weighted by molar-refractivity contribution is 6.04. The van der Waals surface area contributed by atoms with E-state index in [1.165, 1.54) is 18.3 Å². The fraction of sp³-hybridized carbons (Fsp3) is 0.125. The van der Waals surface area contributed by atoms with E-state index in [4.69, 9.17) is 5.11 Å². The van der Waals surface area contributed by atoms with Crippen LogP contribution in [0.3, 0.4) is 0 Å². The Morgan fingerprint density at radius 1 is 1.38 bits per heavy atom. The Bertz CT molecular complexity index is 733. The molecule has 21 heavy (non-hydrogen) atoms. The van der Waals surface area contributed by atoms with Crippen molar-refractivity contribution < 1.29 is 14.3 Å². The van der Waals surface area contributed by atoms with Crippen molar-refractivity contribution in [2.45, 2.75) is 6.92 Å². The highest BCUT2D eigenvalue weighted by Gasteiger charge is 2.12. The summed E-state index contributed by atoms with van der Waals surface area (Å²) < 4.78 is 13.9. The Labute approximate surface area is 121 Å². The molecule has 0 fully saturated rings. The van der Waals surface area contributed by atoms with Crippen molar-refractivity contribution in [1.82, 2.24) is 4.98 Å². The van der Waals surface area contributed by atoms with Gasteiger partial charge in [-0.25, -0.2) is 4.39 Å². The SMILES string of the molecule is Cc1cncc(NC(=O)c2ccc(C#CCO)cc2F)c1. The average molecular weight is 284 g/mol. The lowest BCUT2D eigenvalue weighted by atomic mass is 10.1. The van der Waals surface area contributed by atoms with Crippen molar-refractivity contribution in [1.29, 1.82) is 0 Å². The summed E-state index contributed by atoms with van der Waals surface area (Å²) >= 11 is 0. The van der Waals surface area contributed by atoms with E-state index in [0.29, 0.717) is 11.3 Å². The molecule has 0 spiro atoms. The highest BCUT2D eigenvalue weighted by atomic mass is 19.1. The molecule has 0 aliphatic rings. The normalized spacial score (nSPS) is 9.67. The summed E-state index contributed by atoms with van der Waals surface area (Å²) in [6, 6.07) is 5.78. The predicted octanol–water partition coefficient (Wildman–Crippen LogP) is 2.13. The molecule has 0 atom stereocenters. The van der Waals surface area contributed by atoms with E-state index in [2.05, 4.69) is 22.1 Å². The minimum absolute atomic E-state index is 0.0777. The van der Waals surface area contributed by atoms with Crippen LogP contribution in [0.25, 0.3) is 0 Å². The molecule has 1 amide bonds. The summed E-state index contributed by atoms with van der Waals surface area (Å²) in [6.45, 7) is 1.54. The lowest BCUT2D eigenvalue weighted by Gasteiger charge is -2.06. The van der Waals surface area contributed by atoms with Gasteiger partial charge >= 0.3 is 0 Å². The van der Waals surface area contributed by atoms with E-state index < -0.39 is 11.7 Å². The second kappa shape index (κ2) is 6.64. The summed E-state index contributed by atoms with van der Waals surface area (Å²) in [5.74, 6) is 3.77. The number of aliphatic hydroxyl groups is 1. The van der Waals surface area contributed by atoms with E-state index in [0.717, 1.165) is 11.6 Å². The molecule has 2 N–H and O–H groups in total. The van der Waals surface area contributed by atoms with Gasteiger partial charge in [-0.2, -0.15) is 0 Å². The lowest BCUT2D eigenvalue weighted by Crippen LogP contribution is -2.14. The number of aromatic nitrogens is 1. The molecule has 0 unspecified atom stereocenters. The monoisotopic (exact) mass is 284 g/mol. The van der Waals surface area contributed by atoms with Gasteiger partial charge in [0.25, 0.3) is 5.91 Å². The standard InChI is InChI=1S/C16H13FN2O2/c1-11-7-13(10-18-9-11)19-16(21)14-5-4-12(3-2-6-20)8-15(14)17/h4-5,7-10,20H,6H2,1H3,(H,19,21). The average Bonchev–Trinajstić information content (AvgIpc) is 2.45. The third-order valence-corrected chi connectivity index (χ3v) is 2.66. The maximum atomic E-state index is 13.9. The molecule has 1 heterocycles. The third-order valence-electron chi connectivity index (χ3n) is 2.66. The van der Waals surface area contributed by atoms with Crippen LogP contribution in [0, 0.1) is 24.6 Å². The number of amides is 1. The van der Waals surface area contributed by atoms with Gasteiger partial charge in [-0.3, -0.25) is 9.78 Å². The van der Waals surface area contributed by atoms with Crippen LogP contribution in [-0.4, -0.2) is 22.6 Å². The number of aryl methyl sites for hydroxylation is 1. The van der Waals surface area contributed by atoms with E-state index in [1.807, 2.05) is 6.92 Å². The number of benzene rings is 1. The molecule has 106 valence electrons. The Balaban J connectivity index is 2.20. The zero-order valence-electron chi connectivity index (χ0n) is 11.4. The summed E-state index contributed by atoms with van der Waals surface area (Å²) in [6.07, 6.45) is 3.15. The molecule has 1 aromatic carbocycles. The van der Waals surface area contributed by atoms with Crippen LogP contribution >= 0.6 is 0 Å². The van der Waals surface area contributed by atoms with Gasteiger partial charge in [0.2, 0.25) is 0 Å². The largest absolute Gasteiger partial charge is 0.384 e. The fourth-order valence-electron chi connectivity index (χ4n) is 1.74. The lowest BCUT2D eigenvalue weighted by molar-refractivity contribution is 0.102. The maximum absolute atomic E-state index is 13.9. The Hall–Kier alpha value is -2.71. The zero-order valence-corrected chi connectivity index (χ0v) is 11.4. The van der Waals surface area contributed by atoms with Gasteiger partial charge < -0.3 is 10.4 Å². The number of carbonyl (C=O) groups is 1. The van der Waals surface area contributed by atoms with Crippen LogP contribution in [0.1, 0.15) is 21.5 Å². The summed E-state index contributed by atoms with van der Waals surface area (Å²) in [5, 5.41) is 11.2. The third kappa shape index (κ3) is 3.88. The molecule has 0 saturated carbocycles. The molecular weight excluding hydrogens is 271 g/mol. The maximum Gasteiger partial charge on any atom is 0.258 e. The number of nitrogens with one attached hydrogen (secondary N) is 1. The summed E-state index contributed by atoms with van der Waals surface area (Å²) in [4.78, 5) is 16.0. The number of anilines is 1. The molecule has 1 aromatic heterocycles. The number of hydrogen-bond acceptors (Lipinski definition) is 3. The van der Waals surface area contributed by atoms with Crippen molar-refractivity contribution in [3.8, 4) is 11.8 Å². The van der Waals surface area contributed by atoms with Crippen LogP contribution in [-0.2, 0) is 0 Å². The molecule has 2 rings (SSSR count). The number of aliphatic hydroxyl groups excluding tert-OH is 1. The van der Waals surface area contributed by atoms with Crippen LogP contribution in [0.15, 0.2) is 36.7 Å². The van der Waals surface area contributed by atoms with Crippen molar-refractivity contribution in [2.24, 2.45) is 0 Å². The summed E-state index contributed by atoms with van der Waals surface area (Å²) in [7, 11) is 0. The number of rotatable bonds is 2. The van der Waals surface area contributed by atoms with Gasteiger partial charge in [-0.1, -0.05) is 11.8 Å².